The summed E-state index contributed by atoms with van der Waals surface area (Å²) in [5, 5.41) is 0. The molecule has 2 nitrogen and oxygen atoms in total. The van der Waals surface area contributed by atoms with E-state index in [0.29, 0.717) is 0 Å². The molecule has 0 aliphatic carbocycles. The first-order valence-corrected chi connectivity index (χ1v) is 2.41. The number of nitrogens with two attached hydrogens (primary N) is 2. The van der Waals surface area contributed by atoms with Gasteiger partial charge in [-0.05, 0) is 0 Å². The summed E-state index contributed by atoms with van der Waals surface area (Å²) < 4.78 is 0. The predicted octanol–water partition coefficient (Wildman–Crippen LogP) is 7.32. The molecule has 4 N–H and O–H groups in total. The van der Waals surface area contributed by atoms with Crippen LogP contribution in [0.25, 0.3) is 12.3 Å². The standard InChI is InChI=1S/C3H8.C2H6.4CH4.2CH3.2H2N.Pt.Y/c1-3-2;1-2;;;;;;;;;;/h3H2,1-2H3;1-2H3;4*1H4;2*1H3;2*1H2;;/q;;;;;;4*-1;;. The zero-order valence-electron chi connectivity index (χ0n) is 8.76. The van der Waals surface area contributed by atoms with Crippen molar-refractivity contribution >= 4 is 0 Å². The van der Waals surface area contributed by atoms with Gasteiger partial charge < -0.3 is 27.2 Å². The van der Waals surface area contributed by atoms with Crippen LogP contribution < -0.4 is 0 Å². The van der Waals surface area contributed by atoms with Crippen LogP contribution in [0.3, 0.4) is 0 Å². The summed E-state index contributed by atoms with van der Waals surface area (Å²) in [6.07, 6.45) is 1.25. The molecular formula is C11H40N2PtY-4. The van der Waals surface area contributed by atoms with Gasteiger partial charge in [0, 0.05) is 53.8 Å². The minimum atomic E-state index is 0. The normalized spacial score (nSPS) is 1.60. The summed E-state index contributed by atoms with van der Waals surface area (Å²) in [7, 11) is 0. The van der Waals surface area contributed by atoms with Gasteiger partial charge in [0.2, 0.25) is 0 Å². The molecule has 1 radical (unpaired) electrons. The zero-order valence-corrected chi connectivity index (χ0v) is 13.9. The van der Waals surface area contributed by atoms with Gasteiger partial charge in [-0.15, -0.1) is 0 Å². The summed E-state index contributed by atoms with van der Waals surface area (Å²) in [4.78, 5) is 0. The van der Waals surface area contributed by atoms with Crippen LogP contribution in [0.4, 0.5) is 0 Å². The molecule has 0 aromatic heterocycles. The Bertz CT molecular complexity index is 18.5. The fourth-order valence-electron chi connectivity index (χ4n) is 0. The van der Waals surface area contributed by atoms with Crippen LogP contribution in [0.1, 0.15) is 63.8 Å². The van der Waals surface area contributed by atoms with Crippen LogP contribution in [0.5, 0.6) is 0 Å². The van der Waals surface area contributed by atoms with Crippen molar-refractivity contribution in [3.05, 3.63) is 27.2 Å². The van der Waals surface area contributed by atoms with E-state index in [1.54, 1.807) is 0 Å². The van der Waals surface area contributed by atoms with Gasteiger partial charge in [0.1, 0.15) is 0 Å². The van der Waals surface area contributed by atoms with Crippen LogP contribution >= 0.6 is 0 Å². The molecule has 0 rings (SSSR count). The maximum absolute atomic E-state index is 2.12. The summed E-state index contributed by atoms with van der Waals surface area (Å²) in [5.41, 5.74) is 0. The third-order valence-corrected chi connectivity index (χ3v) is 0. The Morgan fingerprint density at radius 1 is 0.667 bits per heavy atom. The van der Waals surface area contributed by atoms with E-state index >= 15 is 0 Å². The molecule has 111 valence electrons. The third-order valence-electron chi connectivity index (χ3n) is 0. The van der Waals surface area contributed by atoms with E-state index in [1.807, 2.05) is 13.8 Å². The van der Waals surface area contributed by atoms with E-state index in [-0.39, 0.29) is 111 Å². The maximum atomic E-state index is 2.12. The number of rotatable bonds is 0. The van der Waals surface area contributed by atoms with E-state index in [0.717, 1.165) is 0 Å². The molecule has 0 unspecified atom stereocenters. The Balaban J connectivity index is -0.000000000731. The summed E-state index contributed by atoms with van der Waals surface area (Å²) >= 11 is 0. The molecule has 0 amide bonds. The van der Waals surface area contributed by atoms with Crippen LogP contribution in [-0.4, -0.2) is 0 Å². The Morgan fingerprint density at radius 2 is 0.667 bits per heavy atom. The van der Waals surface area contributed by atoms with E-state index in [1.165, 1.54) is 6.42 Å². The van der Waals surface area contributed by atoms with Crippen molar-refractivity contribution < 1.29 is 53.8 Å². The van der Waals surface area contributed by atoms with E-state index in [4.69, 9.17) is 0 Å². The molecule has 0 atom stereocenters. The maximum Gasteiger partial charge on any atom is 0 e. The minimum absolute atomic E-state index is 0. The summed E-state index contributed by atoms with van der Waals surface area (Å²) in [5.74, 6) is 0. The first-order chi connectivity index (χ1) is 2.41. The van der Waals surface area contributed by atoms with Crippen molar-refractivity contribution in [1.29, 1.82) is 0 Å². The molecule has 4 heteroatoms. The van der Waals surface area contributed by atoms with E-state index in [2.05, 4.69) is 13.8 Å². The third kappa shape index (κ3) is 1010. The Hall–Kier alpha value is 1.71. The molecule has 15 heavy (non-hydrogen) atoms. The van der Waals surface area contributed by atoms with Gasteiger partial charge in [0.15, 0.2) is 0 Å². The number of hydrogen-bond acceptors (Lipinski definition) is 0. The van der Waals surface area contributed by atoms with Crippen molar-refractivity contribution in [3.8, 4) is 0 Å². The van der Waals surface area contributed by atoms with Crippen LogP contribution in [0.2, 0.25) is 0 Å². The molecule has 0 spiro atoms. The average molecular weight is 484 g/mol. The summed E-state index contributed by atoms with van der Waals surface area (Å²) in [6, 6.07) is 0. The molecule has 0 aromatic carbocycles. The first-order valence-electron chi connectivity index (χ1n) is 2.41. The SMILES string of the molecule is C.C.C.C.CC.CCC.[CH3-].[CH3-].[NH2-].[NH2-].[Pt].[Y]. The monoisotopic (exact) mass is 484 g/mol. The second-order valence-electron chi connectivity index (χ2n) is 0.707. The van der Waals surface area contributed by atoms with Crippen LogP contribution in [-0.2, 0) is 53.8 Å². The van der Waals surface area contributed by atoms with Crippen molar-refractivity contribution in [3.63, 3.8) is 0 Å². The van der Waals surface area contributed by atoms with Crippen LogP contribution in [0.15, 0.2) is 0 Å². The molecular weight excluding hydrogens is 444 g/mol. The van der Waals surface area contributed by atoms with Gasteiger partial charge in [-0.3, -0.25) is 0 Å². The Labute approximate surface area is 143 Å². The van der Waals surface area contributed by atoms with Gasteiger partial charge in [-0.2, -0.15) is 0 Å². The average Bonchev–Trinajstić information content (AvgIpc) is 1.46. The molecule has 0 heterocycles. The quantitative estimate of drug-likeness (QED) is 0.324. The molecule has 0 aromatic rings. The molecule has 0 bridgehead atoms. The molecule has 0 aliphatic rings. The topological polar surface area (TPSA) is 67.0 Å². The van der Waals surface area contributed by atoms with Gasteiger partial charge >= 0.3 is 0 Å². The second-order valence-corrected chi connectivity index (χ2v) is 0.707. The minimum Gasteiger partial charge on any atom is -0.693 e. The fraction of sp³-hybridized carbons (Fsp3) is 0.818. The molecule has 0 saturated heterocycles. The van der Waals surface area contributed by atoms with Gasteiger partial charge in [-0.25, -0.2) is 0 Å². The van der Waals surface area contributed by atoms with Gasteiger partial charge in [0.05, 0.1) is 0 Å². The smallest absolute Gasteiger partial charge is 0 e. The predicted molar refractivity (Wildman–Crippen MR) is 77.6 cm³/mol. The largest absolute Gasteiger partial charge is 0.693 e. The molecule has 0 saturated carbocycles. The fourth-order valence-corrected chi connectivity index (χ4v) is 0. The van der Waals surface area contributed by atoms with Crippen molar-refractivity contribution in [2.24, 2.45) is 0 Å². The summed E-state index contributed by atoms with van der Waals surface area (Å²) in [6.45, 7) is 8.25. The van der Waals surface area contributed by atoms with E-state index in [9.17, 15) is 0 Å². The van der Waals surface area contributed by atoms with Crippen molar-refractivity contribution in [2.45, 2.75) is 63.8 Å². The second kappa shape index (κ2) is 462. The van der Waals surface area contributed by atoms with E-state index < -0.39 is 0 Å². The zero-order chi connectivity index (χ0) is 4.71. The van der Waals surface area contributed by atoms with Gasteiger partial charge in [-0.1, -0.05) is 63.8 Å². The molecule has 0 aliphatic heterocycles. The Kier molecular flexibility index (Phi) is 5730. The van der Waals surface area contributed by atoms with Crippen molar-refractivity contribution in [2.75, 3.05) is 0 Å². The molecule has 0 fully saturated rings. The Morgan fingerprint density at radius 3 is 0.667 bits per heavy atom. The van der Waals surface area contributed by atoms with Crippen LogP contribution in [0, 0.1) is 14.9 Å². The first kappa shape index (κ1) is 186. The van der Waals surface area contributed by atoms with Crippen molar-refractivity contribution in [1.82, 2.24) is 0 Å². The number of hydrogen-bond donors (Lipinski definition) is 0. The van der Waals surface area contributed by atoms with Gasteiger partial charge in [0.25, 0.3) is 0 Å².